The number of carbonyl (C=O) groups excluding carboxylic acids is 1. The van der Waals surface area contributed by atoms with Gasteiger partial charge in [-0.15, -0.1) is 0 Å². The fourth-order valence-electron chi connectivity index (χ4n) is 3.70. The monoisotopic (exact) mass is 394 g/mol. The number of hydrogen-bond donors (Lipinski definition) is 2. The molecule has 0 aromatic heterocycles. The first kappa shape index (κ1) is 19.8. The van der Waals surface area contributed by atoms with Crippen molar-refractivity contribution in [2.24, 2.45) is 11.8 Å². The Bertz CT molecular complexity index is 829. The number of piperidine rings is 1. The minimum absolute atomic E-state index is 0.0851. The van der Waals surface area contributed by atoms with Crippen molar-refractivity contribution >= 4 is 21.9 Å². The van der Waals surface area contributed by atoms with Gasteiger partial charge >= 0.3 is 5.97 Å². The van der Waals surface area contributed by atoms with Gasteiger partial charge in [0, 0.05) is 25.6 Å². The van der Waals surface area contributed by atoms with Gasteiger partial charge in [0.25, 0.3) is 0 Å². The lowest BCUT2D eigenvalue weighted by Gasteiger charge is -2.30. The van der Waals surface area contributed by atoms with Crippen LogP contribution in [-0.2, 0) is 32.5 Å². The number of aryl methyl sites for hydroxylation is 2. The van der Waals surface area contributed by atoms with Gasteiger partial charge in [-0.05, 0) is 55.4 Å². The zero-order valence-electron chi connectivity index (χ0n) is 15.5. The van der Waals surface area contributed by atoms with Crippen molar-refractivity contribution in [2.45, 2.75) is 43.9 Å². The molecule has 27 heavy (non-hydrogen) atoms. The molecule has 1 unspecified atom stereocenters. The SMILES string of the molecule is CC(CNC(=O)C1CCN(S(=O)(=O)c2ccc3c(c2)CCC3)CC1)C(=O)O. The van der Waals surface area contributed by atoms with Gasteiger partial charge in [-0.25, -0.2) is 8.42 Å². The third-order valence-corrected chi connectivity index (χ3v) is 7.43. The Kier molecular flexibility index (Phi) is 5.86. The van der Waals surface area contributed by atoms with Crippen molar-refractivity contribution in [1.82, 2.24) is 9.62 Å². The maximum absolute atomic E-state index is 12.9. The number of aliphatic carboxylic acids is 1. The summed E-state index contributed by atoms with van der Waals surface area (Å²) in [5, 5.41) is 11.5. The molecule has 3 rings (SSSR count). The van der Waals surface area contributed by atoms with E-state index in [1.807, 2.05) is 6.07 Å². The van der Waals surface area contributed by atoms with Crippen LogP contribution in [0.1, 0.15) is 37.3 Å². The Hall–Kier alpha value is -1.93. The van der Waals surface area contributed by atoms with Gasteiger partial charge in [-0.2, -0.15) is 4.31 Å². The predicted octanol–water partition coefficient (Wildman–Crippen LogP) is 1.41. The summed E-state index contributed by atoms with van der Waals surface area (Å²) >= 11 is 0. The molecule has 148 valence electrons. The van der Waals surface area contributed by atoms with E-state index in [1.54, 1.807) is 12.1 Å². The second-order valence-electron chi connectivity index (χ2n) is 7.45. The standard InChI is InChI=1S/C19H26N2O5S/c1-13(19(23)24)12-20-18(22)15-7-9-21(10-8-15)27(25,26)17-6-5-14-3-2-4-16(14)11-17/h5-6,11,13,15H,2-4,7-10,12H2,1H3,(H,20,22)(H,23,24). The molecule has 8 heteroatoms. The summed E-state index contributed by atoms with van der Waals surface area (Å²) < 4.78 is 27.3. The molecule has 1 fully saturated rings. The van der Waals surface area contributed by atoms with Crippen LogP contribution in [0.4, 0.5) is 0 Å². The van der Waals surface area contributed by atoms with E-state index in [-0.39, 0.29) is 18.4 Å². The molecule has 1 aromatic rings. The number of sulfonamides is 1. The molecule has 0 bridgehead atoms. The van der Waals surface area contributed by atoms with E-state index < -0.39 is 21.9 Å². The van der Waals surface area contributed by atoms with Crippen LogP contribution >= 0.6 is 0 Å². The highest BCUT2D eigenvalue weighted by Crippen LogP contribution is 2.28. The van der Waals surface area contributed by atoms with Gasteiger partial charge in [0.05, 0.1) is 10.8 Å². The minimum atomic E-state index is -3.55. The van der Waals surface area contributed by atoms with Crippen molar-refractivity contribution in [3.63, 3.8) is 0 Å². The second kappa shape index (κ2) is 7.98. The number of nitrogens with one attached hydrogen (secondary N) is 1. The van der Waals surface area contributed by atoms with Crippen LogP contribution in [0.5, 0.6) is 0 Å². The number of hydrogen-bond acceptors (Lipinski definition) is 4. The fourth-order valence-corrected chi connectivity index (χ4v) is 5.22. The summed E-state index contributed by atoms with van der Waals surface area (Å²) in [6.45, 7) is 2.22. The Balaban J connectivity index is 1.58. The topological polar surface area (TPSA) is 104 Å². The number of benzene rings is 1. The maximum Gasteiger partial charge on any atom is 0.308 e. The average molecular weight is 394 g/mol. The lowest BCUT2D eigenvalue weighted by molar-refractivity contribution is -0.141. The van der Waals surface area contributed by atoms with Crippen LogP contribution in [0.3, 0.4) is 0 Å². The number of amides is 1. The molecule has 1 aromatic carbocycles. The van der Waals surface area contributed by atoms with Crippen LogP contribution in [0.2, 0.25) is 0 Å². The highest BCUT2D eigenvalue weighted by molar-refractivity contribution is 7.89. The zero-order valence-corrected chi connectivity index (χ0v) is 16.3. The Morgan fingerprint density at radius 1 is 1.22 bits per heavy atom. The smallest absolute Gasteiger partial charge is 0.308 e. The molecule has 7 nitrogen and oxygen atoms in total. The van der Waals surface area contributed by atoms with E-state index in [4.69, 9.17) is 5.11 Å². The summed E-state index contributed by atoms with van der Waals surface area (Å²) in [6.07, 6.45) is 3.89. The summed E-state index contributed by atoms with van der Waals surface area (Å²) in [7, 11) is -3.55. The number of fused-ring (bicyclic) bond motifs is 1. The summed E-state index contributed by atoms with van der Waals surface area (Å²) in [4.78, 5) is 23.4. The molecule has 1 amide bonds. The number of rotatable bonds is 6. The number of nitrogens with zero attached hydrogens (tertiary/aromatic N) is 1. The van der Waals surface area contributed by atoms with E-state index >= 15 is 0 Å². The van der Waals surface area contributed by atoms with Gasteiger partial charge in [-0.1, -0.05) is 13.0 Å². The Morgan fingerprint density at radius 2 is 1.89 bits per heavy atom. The van der Waals surface area contributed by atoms with E-state index in [0.29, 0.717) is 30.8 Å². The molecular weight excluding hydrogens is 368 g/mol. The van der Waals surface area contributed by atoms with Crippen LogP contribution in [0.25, 0.3) is 0 Å². The zero-order chi connectivity index (χ0) is 19.6. The van der Waals surface area contributed by atoms with Gasteiger partial charge in [0.2, 0.25) is 15.9 Å². The third kappa shape index (κ3) is 4.32. The highest BCUT2D eigenvalue weighted by Gasteiger charge is 2.32. The van der Waals surface area contributed by atoms with Crippen molar-refractivity contribution in [1.29, 1.82) is 0 Å². The van der Waals surface area contributed by atoms with Crippen LogP contribution in [0, 0.1) is 11.8 Å². The van der Waals surface area contributed by atoms with E-state index in [2.05, 4.69) is 5.32 Å². The molecule has 2 N–H and O–H groups in total. The van der Waals surface area contributed by atoms with Crippen molar-refractivity contribution in [2.75, 3.05) is 19.6 Å². The molecule has 1 aliphatic carbocycles. The van der Waals surface area contributed by atoms with Gasteiger partial charge in [0.1, 0.15) is 0 Å². The Morgan fingerprint density at radius 3 is 2.56 bits per heavy atom. The summed E-state index contributed by atoms with van der Waals surface area (Å²) in [5.74, 6) is -2.07. The quantitative estimate of drug-likeness (QED) is 0.759. The van der Waals surface area contributed by atoms with Crippen LogP contribution in [0.15, 0.2) is 23.1 Å². The molecule has 1 atom stereocenters. The summed E-state index contributed by atoms with van der Waals surface area (Å²) in [6, 6.07) is 5.40. The van der Waals surface area contributed by atoms with Crippen LogP contribution < -0.4 is 5.32 Å². The van der Waals surface area contributed by atoms with Gasteiger partial charge in [0.15, 0.2) is 0 Å². The van der Waals surface area contributed by atoms with E-state index in [9.17, 15) is 18.0 Å². The lowest BCUT2D eigenvalue weighted by Crippen LogP contribution is -2.44. The predicted molar refractivity (Wildman–Crippen MR) is 99.8 cm³/mol. The van der Waals surface area contributed by atoms with Crippen molar-refractivity contribution in [3.8, 4) is 0 Å². The minimum Gasteiger partial charge on any atom is -0.481 e. The molecule has 1 aliphatic heterocycles. The number of carboxylic acid groups (broad SMARTS) is 1. The van der Waals surface area contributed by atoms with E-state index in [0.717, 1.165) is 24.8 Å². The molecular formula is C19H26N2O5S. The first-order valence-corrected chi connectivity index (χ1v) is 10.9. The fraction of sp³-hybridized carbons (Fsp3) is 0.579. The normalized spacial score (nSPS) is 19.4. The molecule has 1 saturated heterocycles. The van der Waals surface area contributed by atoms with Crippen LogP contribution in [-0.4, -0.2) is 49.3 Å². The molecule has 0 spiro atoms. The molecule has 1 heterocycles. The highest BCUT2D eigenvalue weighted by atomic mass is 32.2. The third-order valence-electron chi connectivity index (χ3n) is 5.54. The molecule has 0 radical (unpaired) electrons. The lowest BCUT2D eigenvalue weighted by atomic mass is 9.97. The first-order valence-electron chi connectivity index (χ1n) is 9.41. The van der Waals surface area contributed by atoms with E-state index in [1.165, 1.54) is 16.8 Å². The first-order chi connectivity index (χ1) is 12.8. The summed E-state index contributed by atoms with van der Waals surface area (Å²) in [5.41, 5.74) is 2.36. The van der Waals surface area contributed by atoms with Crippen molar-refractivity contribution in [3.05, 3.63) is 29.3 Å². The molecule has 2 aliphatic rings. The number of carbonyl (C=O) groups is 2. The van der Waals surface area contributed by atoms with Gasteiger partial charge < -0.3 is 10.4 Å². The van der Waals surface area contributed by atoms with Gasteiger partial charge in [-0.3, -0.25) is 9.59 Å². The Labute approximate surface area is 159 Å². The molecule has 0 saturated carbocycles. The van der Waals surface area contributed by atoms with Crippen molar-refractivity contribution < 1.29 is 23.1 Å². The number of carboxylic acids is 1. The average Bonchev–Trinajstić information content (AvgIpc) is 3.13. The largest absolute Gasteiger partial charge is 0.481 e. The second-order valence-corrected chi connectivity index (χ2v) is 9.38. The maximum atomic E-state index is 12.9.